The third-order valence-electron chi connectivity index (χ3n) is 7.02. The van der Waals surface area contributed by atoms with E-state index in [0.717, 1.165) is 58.5 Å². The average Bonchev–Trinajstić information content (AvgIpc) is 3.65. The first-order chi connectivity index (χ1) is 19.6. The van der Waals surface area contributed by atoms with Gasteiger partial charge in [-0.1, -0.05) is 67.9 Å². The summed E-state index contributed by atoms with van der Waals surface area (Å²) in [5.74, 6) is 1.46. The van der Waals surface area contributed by atoms with Gasteiger partial charge in [-0.15, -0.1) is 5.10 Å². The molecule has 0 saturated carbocycles. The van der Waals surface area contributed by atoms with Crippen LogP contribution in [0.15, 0.2) is 79.0 Å². The molecule has 0 aliphatic rings. The number of pyridine rings is 2. The predicted octanol–water partition coefficient (Wildman–Crippen LogP) is 5.60. The van der Waals surface area contributed by atoms with E-state index in [1.165, 1.54) is 0 Å². The van der Waals surface area contributed by atoms with E-state index >= 15 is 0 Å². The number of benzene rings is 2. The maximum absolute atomic E-state index is 13.2. The van der Waals surface area contributed by atoms with Crippen LogP contribution in [-0.4, -0.2) is 45.9 Å². The van der Waals surface area contributed by atoms with Crippen LogP contribution in [-0.2, 0) is 13.0 Å². The fraction of sp³-hybridized carbons (Fsp3) is 0.194. The monoisotopic (exact) mass is 528 g/mol. The molecule has 1 N–H and O–H groups in total. The Bertz CT molecular complexity index is 1770. The van der Waals surface area contributed by atoms with Crippen LogP contribution in [0.1, 0.15) is 52.9 Å². The molecule has 4 heterocycles. The Morgan fingerprint density at radius 1 is 0.950 bits per heavy atom. The summed E-state index contributed by atoms with van der Waals surface area (Å²) in [4.78, 5) is 27.2. The number of tetrazole rings is 1. The van der Waals surface area contributed by atoms with Crippen molar-refractivity contribution in [2.75, 3.05) is 0 Å². The second kappa shape index (κ2) is 11.0. The zero-order valence-electron chi connectivity index (χ0n) is 22.4. The van der Waals surface area contributed by atoms with Crippen LogP contribution < -0.4 is 0 Å². The summed E-state index contributed by atoms with van der Waals surface area (Å²) in [6.07, 6.45) is 4.55. The Kier molecular flexibility index (Phi) is 6.93. The Morgan fingerprint density at radius 3 is 2.48 bits per heavy atom. The number of aryl methyl sites for hydroxylation is 2. The van der Waals surface area contributed by atoms with Gasteiger partial charge in [0.25, 0.3) is 0 Å². The summed E-state index contributed by atoms with van der Waals surface area (Å²) in [5.41, 5.74) is 7.30. The van der Waals surface area contributed by atoms with E-state index in [1.807, 2.05) is 37.3 Å². The lowest BCUT2D eigenvalue weighted by atomic mass is 9.98. The van der Waals surface area contributed by atoms with E-state index in [0.29, 0.717) is 29.3 Å². The summed E-state index contributed by atoms with van der Waals surface area (Å²) in [5, 5.41) is 14.4. The largest absolute Gasteiger partial charge is 0.308 e. The number of nitrogens with one attached hydrogen (secondary N) is 1. The standard InChI is InChI=1S/C31H28N8O/c1-3-4-12-28-34-27-18-25(29(40)26-11-7-8-17-32-26)20(2)33-31(27)39(28)19-21-13-15-22(16-14-21)23-9-5-6-10-24(23)30-35-37-38-36-30/h5-11,13-18H,3-4,12,19H2,1-2H3,(H,35,36,37,38). The highest BCUT2D eigenvalue weighted by Gasteiger charge is 2.19. The highest BCUT2D eigenvalue weighted by molar-refractivity contribution is 6.09. The van der Waals surface area contributed by atoms with E-state index in [4.69, 9.17) is 9.97 Å². The van der Waals surface area contributed by atoms with E-state index in [2.05, 4.69) is 67.4 Å². The number of H-pyrrole nitrogens is 1. The maximum atomic E-state index is 13.2. The summed E-state index contributed by atoms with van der Waals surface area (Å²) in [6, 6.07) is 23.7. The summed E-state index contributed by atoms with van der Waals surface area (Å²) in [7, 11) is 0. The number of aromatic nitrogens is 8. The van der Waals surface area contributed by atoms with Crippen molar-refractivity contribution < 1.29 is 4.79 Å². The molecule has 0 bridgehead atoms. The zero-order valence-corrected chi connectivity index (χ0v) is 22.4. The van der Waals surface area contributed by atoms with Crippen LogP contribution in [0.3, 0.4) is 0 Å². The minimum Gasteiger partial charge on any atom is -0.308 e. The van der Waals surface area contributed by atoms with Gasteiger partial charge < -0.3 is 4.57 Å². The van der Waals surface area contributed by atoms with Gasteiger partial charge in [0.05, 0.1) is 12.2 Å². The molecule has 0 aliphatic heterocycles. The van der Waals surface area contributed by atoms with Gasteiger partial charge in [0.1, 0.15) is 17.0 Å². The molecule has 0 spiro atoms. The van der Waals surface area contributed by atoms with Crippen molar-refractivity contribution in [3.8, 4) is 22.5 Å². The summed E-state index contributed by atoms with van der Waals surface area (Å²) < 4.78 is 2.18. The van der Waals surface area contributed by atoms with Gasteiger partial charge in [-0.25, -0.2) is 15.1 Å². The zero-order chi connectivity index (χ0) is 27.5. The molecule has 9 nitrogen and oxygen atoms in total. The third kappa shape index (κ3) is 4.89. The number of hydrogen-bond donors (Lipinski definition) is 1. The molecule has 198 valence electrons. The van der Waals surface area contributed by atoms with Gasteiger partial charge in [0.15, 0.2) is 11.5 Å². The summed E-state index contributed by atoms with van der Waals surface area (Å²) >= 11 is 0. The molecule has 40 heavy (non-hydrogen) atoms. The van der Waals surface area contributed by atoms with Gasteiger partial charge in [0.2, 0.25) is 5.78 Å². The fourth-order valence-corrected chi connectivity index (χ4v) is 4.93. The molecule has 0 atom stereocenters. The number of nitrogens with zero attached hydrogens (tertiary/aromatic N) is 7. The molecule has 4 aromatic heterocycles. The molecule has 0 saturated heterocycles. The first-order valence-electron chi connectivity index (χ1n) is 13.4. The van der Waals surface area contributed by atoms with Crippen LogP contribution in [0.5, 0.6) is 0 Å². The molecule has 9 heteroatoms. The number of rotatable bonds is 9. The molecule has 0 amide bonds. The topological polar surface area (TPSA) is 115 Å². The number of hydrogen-bond acceptors (Lipinski definition) is 7. The fourth-order valence-electron chi connectivity index (χ4n) is 4.93. The van der Waals surface area contributed by atoms with Gasteiger partial charge in [-0.2, -0.15) is 0 Å². The predicted molar refractivity (Wildman–Crippen MR) is 153 cm³/mol. The van der Waals surface area contributed by atoms with Gasteiger partial charge in [-0.3, -0.25) is 9.78 Å². The van der Waals surface area contributed by atoms with Crippen LogP contribution >= 0.6 is 0 Å². The molecular formula is C31H28N8O. The number of fused-ring (bicyclic) bond motifs is 1. The Hall–Kier alpha value is -5.05. The molecular weight excluding hydrogens is 500 g/mol. The van der Waals surface area contributed by atoms with Crippen molar-refractivity contribution in [3.05, 3.63) is 107 Å². The van der Waals surface area contributed by atoms with Crippen molar-refractivity contribution in [1.29, 1.82) is 0 Å². The molecule has 0 aliphatic carbocycles. The summed E-state index contributed by atoms with van der Waals surface area (Å²) in [6.45, 7) is 4.67. The normalized spacial score (nSPS) is 11.2. The lowest BCUT2D eigenvalue weighted by Gasteiger charge is -2.12. The van der Waals surface area contributed by atoms with Crippen molar-refractivity contribution >= 4 is 16.9 Å². The SMILES string of the molecule is CCCCc1nc2cc(C(=O)c3ccccn3)c(C)nc2n1Cc1ccc(-c2ccccc2-c2nnn[nH]2)cc1. The molecule has 0 unspecified atom stereocenters. The third-order valence-corrected chi connectivity index (χ3v) is 7.02. The van der Waals surface area contributed by atoms with Crippen LogP contribution in [0.2, 0.25) is 0 Å². The van der Waals surface area contributed by atoms with Crippen molar-refractivity contribution in [3.63, 3.8) is 0 Å². The first kappa shape index (κ1) is 25.2. The Labute approximate surface area is 231 Å². The van der Waals surface area contributed by atoms with Gasteiger partial charge in [-0.05, 0) is 58.7 Å². The number of unbranched alkanes of at least 4 members (excludes halogenated alkanes) is 1. The van der Waals surface area contributed by atoms with E-state index in [-0.39, 0.29) is 5.78 Å². The van der Waals surface area contributed by atoms with Crippen molar-refractivity contribution in [2.45, 2.75) is 39.7 Å². The minimum absolute atomic E-state index is 0.144. The van der Waals surface area contributed by atoms with Gasteiger partial charge >= 0.3 is 0 Å². The lowest BCUT2D eigenvalue weighted by Crippen LogP contribution is -2.09. The van der Waals surface area contributed by atoms with E-state index in [9.17, 15) is 4.79 Å². The van der Waals surface area contributed by atoms with Crippen molar-refractivity contribution in [2.24, 2.45) is 0 Å². The van der Waals surface area contributed by atoms with Crippen LogP contribution in [0, 0.1) is 6.92 Å². The highest BCUT2D eigenvalue weighted by atomic mass is 16.1. The number of imidazole rings is 1. The molecule has 6 rings (SSSR count). The quantitative estimate of drug-likeness (QED) is 0.243. The van der Waals surface area contributed by atoms with Crippen molar-refractivity contribution in [1.82, 2.24) is 40.1 Å². The maximum Gasteiger partial charge on any atom is 0.213 e. The Morgan fingerprint density at radius 2 is 1.75 bits per heavy atom. The molecule has 6 aromatic rings. The number of carbonyl (C=O) groups is 1. The van der Waals surface area contributed by atoms with Crippen LogP contribution in [0.25, 0.3) is 33.7 Å². The second-order valence-corrected chi connectivity index (χ2v) is 9.72. The number of ketones is 1. The van der Waals surface area contributed by atoms with E-state index < -0.39 is 0 Å². The molecule has 0 fully saturated rings. The minimum atomic E-state index is -0.144. The average molecular weight is 529 g/mol. The number of carbonyl (C=O) groups excluding carboxylic acids is 1. The van der Waals surface area contributed by atoms with Gasteiger partial charge in [0, 0.05) is 23.7 Å². The highest BCUT2D eigenvalue weighted by Crippen LogP contribution is 2.30. The van der Waals surface area contributed by atoms with E-state index in [1.54, 1.807) is 18.3 Å². The van der Waals surface area contributed by atoms with Crippen LogP contribution in [0.4, 0.5) is 0 Å². The lowest BCUT2D eigenvalue weighted by molar-refractivity contribution is 0.103. The smallest absolute Gasteiger partial charge is 0.213 e. The first-order valence-corrected chi connectivity index (χ1v) is 13.4. The Balaban J connectivity index is 1.34. The molecule has 0 radical (unpaired) electrons. The second-order valence-electron chi connectivity index (χ2n) is 9.72. The molecule has 2 aromatic carbocycles. The number of aromatic amines is 1.